The van der Waals surface area contributed by atoms with Crippen molar-refractivity contribution in [2.45, 2.75) is 19.6 Å². The van der Waals surface area contributed by atoms with Gasteiger partial charge in [0.2, 0.25) is 0 Å². The van der Waals surface area contributed by atoms with E-state index in [4.69, 9.17) is 0 Å². The molecule has 2 rings (SSSR count). The molecule has 0 aliphatic carbocycles. The van der Waals surface area contributed by atoms with Crippen LogP contribution in [0.25, 0.3) is 0 Å². The summed E-state index contributed by atoms with van der Waals surface area (Å²) >= 11 is 1.75. The van der Waals surface area contributed by atoms with Crippen molar-refractivity contribution in [2.75, 3.05) is 12.3 Å². The van der Waals surface area contributed by atoms with E-state index in [1.165, 1.54) is 10.2 Å². The summed E-state index contributed by atoms with van der Waals surface area (Å²) in [6.45, 7) is 4.07. The lowest BCUT2D eigenvalue weighted by Crippen LogP contribution is -2.36. The van der Waals surface area contributed by atoms with Crippen molar-refractivity contribution in [2.24, 2.45) is 7.05 Å². The number of rotatable bonds is 6. The maximum Gasteiger partial charge on any atom is 0.279 e. The van der Waals surface area contributed by atoms with Gasteiger partial charge in [-0.05, 0) is 25.0 Å². The predicted molar refractivity (Wildman–Crippen MR) is 93.9 cm³/mol. The monoisotopic (exact) mass is 331 g/mol. The van der Waals surface area contributed by atoms with Crippen molar-refractivity contribution in [3.05, 3.63) is 63.1 Å². The summed E-state index contributed by atoms with van der Waals surface area (Å²) < 4.78 is 1.21. The summed E-state index contributed by atoms with van der Waals surface area (Å²) in [5, 5.41) is 6.90. The Morgan fingerprint density at radius 1 is 1.26 bits per heavy atom. The molecule has 0 unspecified atom stereocenters. The molecule has 1 amide bonds. The van der Waals surface area contributed by atoms with Crippen LogP contribution in [0, 0.1) is 13.8 Å². The quantitative estimate of drug-likeness (QED) is 0.823. The molecule has 0 saturated carbocycles. The fraction of sp³-hybridized carbons (Fsp3) is 0.353. The minimum atomic E-state index is -0.359. The van der Waals surface area contributed by atoms with Crippen molar-refractivity contribution >= 4 is 17.7 Å². The molecule has 0 aliphatic heterocycles. The van der Waals surface area contributed by atoms with E-state index in [9.17, 15) is 9.59 Å². The van der Waals surface area contributed by atoms with Crippen LogP contribution in [0.2, 0.25) is 0 Å². The zero-order valence-electron chi connectivity index (χ0n) is 13.6. The van der Waals surface area contributed by atoms with Crippen molar-refractivity contribution in [3.8, 4) is 0 Å². The number of hydrogen-bond acceptors (Lipinski definition) is 4. The Kier molecular flexibility index (Phi) is 5.98. The van der Waals surface area contributed by atoms with Gasteiger partial charge in [0.05, 0.1) is 5.69 Å². The lowest BCUT2D eigenvalue weighted by Gasteiger charge is -2.10. The molecule has 0 fully saturated rings. The van der Waals surface area contributed by atoms with E-state index in [0.717, 1.165) is 11.5 Å². The molecule has 0 bridgehead atoms. The van der Waals surface area contributed by atoms with Crippen LogP contribution in [0.4, 0.5) is 0 Å². The average molecular weight is 331 g/mol. The number of amides is 1. The number of hydrogen-bond donors (Lipinski definition) is 1. The number of nitrogens with one attached hydrogen (secondary N) is 1. The first-order valence-electron chi connectivity index (χ1n) is 7.45. The van der Waals surface area contributed by atoms with Crippen molar-refractivity contribution < 1.29 is 4.79 Å². The summed E-state index contributed by atoms with van der Waals surface area (Å²) in [6.07, 6.45) is 0. The van der Waals surface area contributed by atoms with Crippen LogP contribution in [0.1, 0.15) is 27.2 Å². The van der Waals surface area contributed by atoms with Gasteiger partial charge in [-0.2, -0.15) is 16.9 Å². The van der Waals surface area contributed by atoms with Crippen molar-refractivity contribution in [1.29, 1.82) is 0 Å². The second kappa shape index (κ2) is 7.97. The molecule has 1 N–H and O–H groups in total. The zero-order valence-corrected chi connectivity index (χ0v) is 14.4. The third kappa shape index (κ3) is 4.45. The maximum absolute atomic E-state index is 12.3. The molecule has 23 heavy (non-hydrogen) atoms. The summed E-state index contributed by atoms with van der Waals surface area (Å²) in [5.74, 6) is 1.38. The lowest BCUT2D eigenvalue weighted by atomic mass is 10.1. The number of nitrogens with zero attached hydrogens (tertiary/aromatic N) is 2. The summed E-state index contributed by atoms with van der Waals surface area (Å²) in [7, 11) is 1.56. The topological polar surface area (TPSA) is 64.0 Å². The first-order chi connectivity index (χ1) is 11.0. The van der Waals surface area contributed by atoms with Gasteiger partial charge in [-0.1, -0.05) is 30.3 Å². The first kappa shape index (κ1) is 17.3. The van der Waals surface area contributed by atoms with Gasteiger partial charge in [-0.15, -0.1) is 0 Å². The maximum atomic E-state index is 12.3. The molecular weight excluding hydrogens is 310 g/mol. The van der Waals surface area contributed by atoms with Gasteiger partial charge in [0.15, 0.2) is 0 Å². The minimum absolute atomic E-state index is 0.188. The summed E-state index contributed by atoms with van der Waals surface area (Å²) in [6, 6.07) is 10.2. The molecule has 0 atom stereocenters. The van der Waals surface area contributed by atoms with Gasteiger partial charge in [0.1, 0.15) is 5.56 Å². The van der Waals surface area contributed by atoms with E-state index >= 15 is 0 Å². The normalized spacial score (nSPS) is 10.6. The van der Waals surface area contributed by atoms with Crippen LogP contribution in [0.3, 0.4) is 0 Å². The van der Waals surface area contributed by atoms with Crippen LogP contribution >= 0.6 is 11.8 Å². The number of benzene rings is 1. The Balaban J connectivity index is 1.87. The Morgan fingerprint density at radius 2 is 1.96 bits per heavy atom. The Hall–Kier alpha value is -2.08. The molecule has 0 saturated heterocycles. The smallest absolute Gasteiger partial charge is 0.279 e. The van der Waals surface area contributed by atoms with E-state index in [1.54, 1.807) is 32.7 Å². The van der Waals surface area contributed by atoms with Crippen LogP contribution < -0.4 is 10.9 Å². The van der Waals surface area contributed by atoms with E-state index < -0.39 is 0 Å². The number of carbonyl (C=O) groups excluding carboxylic acids is 1. The standard InChI is InChI=1S/C17H21N3O2S/c1-12-13(2)19-20(3)17(22)15(12)16(21)18-9-10-23-11-14-7-5-4-6-8-14/h4-8H,9-11H2,1-3H3,(H,18,21). The fourth-order valence-corrected chi connectivity index (χ4v) is 3.02. The lowest BCUT2D eigenvalue weighted by molar-refractivity contribution is 0.0953. The van der Waals surface area contributed by atoms with Gasteiger partial charge in [0, 0.05) is 25.1 Å². The minimum Gasteiger partial charge on any atom is -0.351 e. The SMILES string of the molecule is Cc1nn(C)c(=O)c(C(=O)NCCSCc2ccccc2)c1C. The Bertz CT molecular complexity index is 741. The summed E-state index contributed by atoms with van der Waals surface area (Å²) in [5.41, 5.74) is 2.42. The molecule has 1 aromatic heterocycles. The highest BCUT2D eigenvalue weighted by atomic mass is 32.2. The number of thioether (sulfide) groups is 1. The number of aryl methyl sites for hydroxylation is 2. The fourth-order valence-electron chi connectivity index (χ4n) is 2.21. The zero-order chi connectivity index (χ0) is 16.8. The van der Waals surface area contributed by atoms with E-state index in [-0.39, 0.29) is 17.0 Å². The van der Waals surface area contributed by atoms with Gasteiger partial charge < -0.3 is 5.32 Å². The van der Waals surface area contributed by atoms with Crippen LogP contribution in [0.5, 0.6) is 0 Å². The molecule has 122 valence electrons. The van der Waals surface area contributed by atoms with Crippen LogP contribution in [0.15, 0.2) is 35.1 Å². The largest absolute Gasteiger partial charge is 0.351 e. The molecule has 0 radical (unpaired) electrons. The van der Waals surface area contributed by atoms with Gasteiger partial charge >= 0.3 is 0 Å². The molecule has 1 aromatic carbocycles. The third-order valence-electron chi connectivity index (χ3n) is 3.60. The predicted octanol–water partition coefficient (Wildman–Crippen LogP) is 2.06. The highest BCUT2D eigenvalue weighted by Gasteiger charge is 2.17. The third-order valence-corrected chi connectivity index (χ3v) is 4.63. The van der Waals surface area contributed by atoms with Gasteiger partial charge in [-0.25, -0.2) is 4.68 Å². The Labute approximate surface area is 140 Å². The van der Waals surface area contributed by atoms with Gasteiger partial charge in [-0.3, -0.25) is 9.59 Å². The average Bonchev–Trinajstić information content (AvgIpc) is 2.54. The highest BCUT2D eigenvalue weighted by Crippen LogP contribution is 2.11. The number of aromatic nitrogens is 2. The van der Waals surface area contributed by atoms with Crippen molar-refractivity contribution in [1.82, 2.24) is 15.1 Å². The van der Waals surface area contributed by atoms with E-state index in [0.29, 0.717) is 17.8 Å². The van der Waals surface area contributed by atoms with E-state index in [2.05, 4.69) is 22.5 Å². The first-order valence-corrected chi connectivity index (χ1v) is 8.60. The molecule has 1 heterocycles. The second-order valence-corrected chi connectivity index (χ2v) is 6.41. The highest BCUT2D eigenvalue weighted by molar-refractivity contribution is 7.98. The van der Waals surface area contributed by atoms with Crippen LogP contribution in [-0.2, 0) is 12.8 Å². The molecule has 0 aliphatic rings. The van der Waals surface area contributed by atoms with Crippen molar-refractivity contribution in [3.63, 3.8) is 0 Å². The molecule has 6 heteroatoms. The summed E-state index contributed by atoms with van der Waals surface area (Å²) in [4.78, 5) is 24.4. The van der Waals surface area contributed by atoms with Crippen LogP contribution in [-0.4, -0.2) is 28.0 Å². The molecule has 5 nitrogen and oxygen atoms in total. The van der Waals surface area contributed by atoms with E-state index in [1.807, 2.05) is 18.2 Å². The Morgan fingerprint density at radius 3 is 2.65 bits per heavy atom. The van der Waals surface area contributed by atoms with Gasteiger partial charge in [0.25, 0.3) is 11.5 Å². The number of carbonyl (C=O) groups is 1. The second-order valence-electron chi connectivity index (χ2n) is 5.31. The molecular formula is C17H21N3O2S. The molecule has 2 aromatic rings. The molecule has 0 spiro atoms.